The molecule has 0 aliphatic carbocycles. The van der Waals surface area contributed by atoms with E-state index in [4.69, 9.17) is 0 Å². The number of rotatable bonds is 10. The second kappa shape index (κ2) is 10.8. The Hall–Kier alpha value is -1.12. The molecule has 1 heterocycles. The fraction of sp³-hybridized carbons (Fsp3) is 0.706. The van der Waals surface area contributed by atoms with Gasteiger partial charge in [-0.15, -0.1) is 11.3 Å². The van der Waals surface area contributed by atoms with Crippen LogP contribution in [0.15, 0.2) is 21.3 Å². The van der Waals surface area contributed by atoms with Crippen LogP contribution in [-0.2, 0) is 16.6 Å². The SMILES string of the molecule is CCNC(=NCc1ccc(S(=O)(=O)N(C)C)s1)NCCCCC(C)C. The van der Waals surface area contributed by atoms with Gasteiger partial charge in [0.1, 0.15) is 4.21 Å². The zero-order valence-electron chi connectivity index (χ0n) is 16.0. The van der Waals surface area contributed by atoms with E-state index in [1.54, 1.807) is 20.2 Å². The smallest absolute Gasteiger partial charge is 0.252 e. The van der Waals surface area contributed by atoms with Crippen LogP contribution in [-0.4, -0.2) is 45.9 Å². The highest BCUT2D eigenvalue weighted by Crippen LogP contribution is 2.24. The number of unbranched alkanes of at least 4 members (excludes halogenated alkanes) is 1. The molecule has 0 aliphatic rings. The predicted molar refractivity (Wildman–Crippen MR) is 107 cm³/mol. The lowest BCUT2D eigenvalue weighted by atomic mass is 10.1. The van der Waals surface area contributed by atoms with Gasteiger partial charge >= 0.3 is 0 Å². The summed E-state index contributed by atoms with van der Waals surface area (Å²) >= 11 is 1.27. The van der Waals surface area contributed by atoms with Crippen LogP contribution in [0.4, 0.5) is 0 Å². The van der Waals surface area contributed by atoms with Crippen LogP contribution in [0.1, 0.15) is 44.9 Å². The molecule has 0 unspecified atom stereocenters. The molecular formula is C17H32N4O2S2. The highest BCUT2D eigenvalue weighted by atomic mass is 32.2. The molecule has 25 heavy (non-hydrogen) atoms. The van der Waals surface area contributed by atoms with Gasteiger partial charge in [0.15, 0.2) is 5.96 Å². The minimum atomic E-state index is -3.36. The lowest BCUT2D eigenvalue weighted by molar-refractivity contribution is 0.523. The molecule has 0 saturated heterocycles. The summed E-state index contributed by atoms with van der Waals surface area (Å²) in [6.07, 6.45) is 3.57. The summed E-state index contributed by atoms with van der Waals surface area (Å²) in [5.74, 6) is 1.52. The van der Waals surface area contributed by atoms with E-state index in [9.17, 15) is 8.42 Å². The molecule has 0 atom stereocenters. The van der Waals surface area contributed by atoms with Crippen LogP contribution in [0.2, 0.25) is 0 Å². The van der Waals surface area contributed by atoms with Crippen LogP contribution in [0, 0.1) is 5.92 Å². The lowest BCUT2D eigenvalue weighted by Gasteiger charge is -2.11. The Bertz CT molecular complexity index is 637. The van der Waals surface area contributed by atoms with E-state index in [-0.39, 0.29) is 0 Å². The molecule has 144 valence electrons. The first-order valence-corrected chi connectivity index (χ1v) is 11.1. The van der Waals surface area contributed by atoms with E-state index < -0.39 is 10.0 Å². The molecular weight excluding hydrogens is 356 g/mol. The van der Waals surface area contributed by atoms with Gasteiger partial charge in [-0.05, 0) is 31.4 Å². The van der Waals surface area contributed by atoms with E-state index in [1.807, 2.05) is 13.0 Å². The molecule has 6 nitrogen and oxygen atoms in total. The van der Waals surface area contributed by atoms with Gasteiger partial charge in [0.2, 0.25) is 0 Å². The molecule has 0 fully saturated rings. The first-order valence-electron chi connectivity index (χ1n) is 8.80. The summed E-state index contributed by atoms with van der Waals surface area (Å²) < 4.78 is 25.8. The highest BCUT2D eigenvalue weighted by Gasteiger charge is 2.19. The van der Waals surface area contributed by atoms with Gasteiger partial charge in [0.05, 0.1) is 6.54 Å². The molecule has 0 aliphatic heterocycles. The number of sulfonamides is 1. The molecule has 1 aromatic rings. The summed E-state index contributed by atoms with van der Waals surface area (Å²) in [7, 11) is -0.278. The number of hydrogen-bond donors (Lipinski definition) is 2. The monoisotopic (exact) mass is 388 g/mol. The number of guanidine groups is 1. The van der Waals surface area contributed by atoms with Crippen LogP contribution in [0.3, 0.4) is 0 Å². The largest absolute Gasteiger partial charge is 0.357 e. The van der Waals surface area contributed by atoms with Crippen LogP contribution < -0.4 is 10.6 Å². The van der Waals surface area contributed by atoms with E-state index in [2.05, 4.69) is 29.5 Å². The Kier molecular flexibility index (Phi) is 9.45. The molecule has 0 amide bonds. The van der Waals surface area contributed by atoms with E-state index in [0.717, 1.165) is 36.3 Å². The Morgan fingerprint density at radius 1 is 1.24 bits per heavy atom. The third kappa shape index (κ3) is 7.75. The predicted octanol–water partition coefficient (Wildman–Crippen LogP) is 2.88. The minimum absolute atomic E-state index is 0.356. The molecule has 2 N–H and O–H groups in total. The fourth-order valence-electron chi connectivity index (χ4n) is 2.14. The van der Waals surface area contributed by atoms with Gasteiger partial charge < -0.3 is 10.6 Å². The second-order valence-corrected chi connectivity index (χ2v) is 10.1. The Balaban J connectivity index is 2.58. The van der Waals surface area contributed by atoms with Crippen molar-refractivity contribution in [3.63, 3.8) is 0 Å². The number of nitrogens with one attached hydrogen (secondary N) is 2. The Morgan fingerprint density at radius 2 is 1.96 bits per heavy atom. The Morgan fingerprint density at radius 3 is 2.56 bits per heavy atom. The second-order valence-electron chi connectivity index (χ2n) is 6.52. The molecule has 0 bridgehead atoms. The molecule has 0 aromatic carbocycles. The maximum atomic E-state index is 12.1. The first kappa shape index (κ1) is 21.9. The fourth-order valence-corrected chi connectivity index (χ4v) is 4.59. The molecule has 0 radical (unpaired) electrons. The summed E-state index contributed by atoms with van der Waals surface area (Å²) in [4.78, 5) is 5.48. The van der Waals surface area contributed by atoms with Crippen molar-refractivity contribution in [3.8, 4) is 0 Å². The molecule has 0 saturated carbocycles. The third-order valence-corrected chi connectivity index (χ3v) is 6.96. The number of thiophene rings is 1. The summed E-state index contributed by atoms with van der Waals surface area (Å²) in [5.41, 5.74) is 0. The van der Waals surface area contributed by atoms with Gasteiger partial charge in [0, 0.05) is 32.1 Å². The van der Waals surface area contributed by atoms with E-state index in [0.29, 0.717) is 10.8 Å². The molecule has 1 rings (SSSR count). The topological polar surface area (TPSA) is 73.8 Å². The lowest BCUT2D eigenvalue weighted by Crippen LogP contribution is -2.37. The van der Waals surface area contributed by atoms with Gasteiger partial charge in [-0.3, -0.25) is 0 Å². The van der Waals surface area contributed by atoms with E-state index in [1.165, 1.54) is 28.5 Å². The number of nitrogens with zero attached hydrogens (tertiary/aromatic N) is 2. The maximum Gasteiger partial charge on any atom is 0.252 e. The van der Waals surface area contributed by atoms with Gasteiger partial charge in [-0.25, -0.2) is 17.7 Å². The minimum Gasteiger partial charge on any atom is -0.357 e. The molecule has 8 heteroatoms. The zero-order chi connectivity index (χ0) is 18.9. The van der Waals surface area contributed by atoms with Crippen molar-refractivity contribution in [2.75, 3.05) is 27.2 Å². The normalized spacial score (nSPS) is 12.8. The van der Waals surface area contributed by atoms with Crippen molar-refractivity contribution in [3.05, 3.63) is 17.0 Å². The van der Waals surface area contributed by atoms with Crippen molar-refractivity contribution >= 4 is 27.3 Å². The van der Waals surface area contributed by atoms with Gasteiger partial charge in [0.25, 0.3) is 10.0 Å². The van der Waals surface area contributed by atoms with E-state index >= 15 is 0 Å². The summed E-state index contributed by atoms with van der Waals surface area (Å²) in [6, 6.07) is 3.48. The third-order valence-electron chi connectivity index (χ3n) is 3.61. The van der Waals surface area contributed by atoms with Crippen molar-refractivity contribution in [1.82, 2.24) is 14.9 Å². The highest BCUT2D eigenvalue weighted by molar-refractivity contribution is 7.91. The van der Waals surface area contributed by atoms with Crippen LogP contribution in [0.5, 0.6) is 0 Å². The summed E-state index contributed by atoms with van der Waals surface area (Å²) in [5, 5.41) is 6.56. The van der Waals surface area contributed by atoms with Crippen molar-refractivity contribution in [2.45, 2.75) is 50.8 Å². The van der Waals surface area contributed by atoms with Gasteiger partial charge in [-0.2, -0.15) is 0 Å². The van der Waals surface area contributed by atoms with Crippen LogP contribution >= 0.6 is 11.3 Å². The zero-order valence-corrected chi connectivity index (χ0v) is 17.6. The van der Waals surface area contributed by atoms with Crippen molar-refractivity contribution in [2.24, 2.45) is 10.9 Å². The molecule has 0 spiro atoms. The van der Waals surface area contributed by atoms with Crippen molar-refractivity contribution in [1.29, 1.82) is 0 Å². The van der Waals surface area contributed by atoms with Crippen molar-refractivity contribution < 1.29 is 8.42 Å². The number of hydrogen-bond acceptors (Lipinski definition) is 4. The quantitative estimate of drug-likeness (QED) is 0.367. The summed E-state index contributed by atoms with van der Waals surface area (Å²) in [6.45, 7) is 8.67. The number of aliphatic imine (C=N–C) groups is 1. The van der Waals surface area contributed by atoms with Gasteiger partial charge in [-0.1, -0.05) is 26.7 Å². The first-order chi connectivity index (χ1) is 11.8. The average molecular weight is 389 g/mol. The Labute approximate surface area is 156 Å². The molecule has 1 aromatic heterocycles. The standard InChI is InChI=1S/C17H32N4O2S2/c1-6-18-17(19-12-8-7-9-14(2)3)20-13-15-10-11-16(24-15)25(22,23)21(4)5/h10-11,14H,6-9,12-13H2,1-5H3,(H2,18,19,20). The van der Waals surface area contributed by atoms with Crippen LogP contribution in [0.25, 0.3) is 0 Å². The average Bonchev–Trinajstić information content (AvgIpc) is 3.01. The maximum absolute atomic E-state index is 12.1.